The van der Waals surface area contributed by atoms with E-state index < -0.39 is 0 Å². The number of benzene rings is 1. The summed E-state index contributed by atoms with van der Waals surface area (Å²) in [5, 5.41) is 6.98. The molecule has 1 aromatic heterocycles. The molecule has 0 bridgehead atoms. The maximum Gasteiger partial charge on any atom is 0.0701 e. The van der Waals surface area contributed by atoms with E-state index in [4.69, 9.17) is 0 Å². The summed E-state index contributed by atoms with van der Waals surface area (Å²) in [5.41, 5.74) is 4.46. The smallest absolute Gasteiger partial charge is 0.0701 e. The first-order chi connectivity index (χ1) is 9.33. The molecule has 2 heterocycles. The molecule has 0 saturated heterocycles. The van der Waals surface area contributed by atoms with E-state index >= 15 is 0 Å². The van der Waals surface area contributed by atoms with Gasteiger partial charge in [-0.05, 0) is 57.7 Å². The van der Waals surface area contributed by atoms with Crippen LogP contribution in [-0.4, -0.2) is 6.54 Å². The third kappa shape index (κ3) is 3.26. The summed E-state index contributed by atoms with van der Waals surface area (Å²) in [5.74, 6) is 0. The molecule has 2 aromatic rings. The second-order valence-electron chi connectivity index (χ2n) is 4.79. The van der Waals surface area contributed by atoms with Crippen LogP contribution >= 0.6 is 27.3 Å². The Labute approximate surface area is 126 Å². The SMILES string of the molecule is Brc1ccc(CNCc2cccc3c2CCNC3)s1. The van der Waals surface area contributed by atoms with Crippen molar-refractivity contribution < 1.29 is 0 Å². The molecule has 0 unspecified atom stereocenters. The van der Waals surface area contributed by atoms with Crippen molar-refractivity contribution in [3.63, 3.8) is 0 Å². The standard InChI is InChI=1S/C15H17BrN2S/c16-15-5-4-13(19-15)10-18-9-12-3-1-2-11-8-17-7-6-14(11)12/h1-5,17-18H,6-10H2. The quantitative estimate of drug-likeness (QED) is 0.893. The van der Waals surface area contributed by atoms with Crippen molar-refractivity contribution in [1.29, 1.82) is 0 Å². The molecular weight excluding hydrogens is 320 g/mol. The number of hydrogen-bond donors (Lipinski definition) is 2. The van der Waals surface area contributed by atoms with Crippen LogP contribution in [0.5, 0.6) is 0 Å². The Bertz CT molecular complexity index is 565. The number of hydrogen-bond acceptors (Lipinski definition) is 3. The Morgan fingerprint density at radius 3 is 3.00 bits per heavy atom. The third-order valence-electron chi connectivity index (χ3n) is 3.48. The molecule has 0 aliphatic carbocycles. The lowest BCUT2D eigenvalue weighted by Gasteiger charge is -2.20. The van der Waals surface area contributed by atoms with Gasteiger partial charge in [0.2, 0.25) is 0 Å². The van der Waals surface area contributed by atoms with Crippen LogP contribution in [0.2, 0.25) is 0 Å². The topological polar surface area (TPSA) is 24.1 Å². The lowest BCUT2D eigenvalue weighted by Crippen LogP contribution is -2.25. The Balaban J connectivity index is 1.64. The summed E-state index contributed by atoms with van der Waals surface area (Å²) in [6, 6.07) is 10.9. The lowest BCUT2D eigenvalue weighted by molar-refractivity contribution is 0.627. The monoisotopic (exact) mass is 336 g/mol. The summed E-state index contributed by atoms with van der Waals surface area (Å²) in [7, 11) is 0. The van der Waals surface area contributed by atoms with Crippen molar-refractivity contribution >= 4 is 27.3 Å². The molecule has 1 aliphatic heterocycles. The molecule has 2 nitrogen and oxygen atoms in total. The molecule has 0 amide bonds. The van der Waals surface area contributed by atoms with Gasteiger partial charge in [-0.1, -0.05) is 18.2 Å². The minimum Gasteiger partial charge on any atom is -0.312 e. The largest absolute Gasteiger partial charge is 0.312 e. The Kier molecular flexibility index (Phi) is 4.33. The van der Waals surface area contributed by atoms with Crippen molar-refractivity contribution in [1.82, 2.24) is 10.6 Å². The highest BCUT2D eigenvalue weighted by atomic mass is 79.9. The lowest BCUT2D eigenvalue weighted by atomic mass is 9.95. The van der Waals surface area contributed by atoms with Gasteiger partial charge >= 0.3 is 0 Å². The minimum absolute atomic E-state index is 0.943. The fourth-order valence-corrected chi connectivity index (χ4v) is 4.00. The van der Waals surface area contributed by atoms with E-state index in [0.717, 1.165) is 32.6 Å². The molecule has 19 heavy (non-hydrogen) atoms. The minimum atomic E-state index is 0.943. The Hall–Kier alpha value is -0.680. The van der Waals surface area contributed by atoms with Gasteiger partial charge in [0.05, 0.1) is 3.79 Å². The van der Waals surface area contributed by atoms with Gasteiger partial charge in [0.15, 0.2) is 0 Å². The van der Waals surface area contributed by atoms with Gasteiger partial charge in [-0.15, -0.1) is 11.3 Å². The molecule has 1 aromatic carbocycles. The van der Waals surface area contributed by atoms with Crippen LogP contribution in [0.1, 0.15) is 21.6 Å². The van der Waals surface area contributed by atoms with E-state index in [0.29, 0.717) is 0 Å². The van der Waals surface area contributed by atoms with Crippen LogP contribution in [0.15, 0.2) is 34.1 Å². The highest BCUT2D eigenvalue weighted by Gasteiger charge is 2.11. The van der Waals surface area contributed by atoms with Crippen LogP contribution in [0.25, 0.3) is 0 Å². The molecule has 0 radical (unpaired) electrons. The van der Waals surface area contributed by atoms with Crippen LogP contribution in [0.3, 0.4) is 0 Å². The molecular formula is C15H17BrN2S. The Morgan fingerprint density at radius 2 is 2.16 bits per heavy atom. The zero-order valence-corrected chi connectivity index (χ0v) is 13.1. The normalized spacial score (nSPS) is 14.4. The summed E-state index contributed by atoms with van der Waals surface area (Å²) in [6.07, 6.45) is 1.15. The van der Waals surface area contributed by atoms with Gasteiger partial charge in [0.25, 0.3) is 0 Å². The van der Waals surface area contributed by atoms with Crippen molar-refractivity contribution in [3.05, 3.63) is 55.7 Å². The number of thiophene rings is 1. The zero-order chi connectivity index (χ0) is 13.1. The maximum atomic E-state index is 3.55. The van der Waals surface area contributed by atoms with E-state index in [1.807, 2.05) is 0 Å². The van der Waals surface area contributed by atoms with E-state index in [2.05, 4.69) is 56.9 Å². The molecule has 4 heteroatoms. The second kappa shape index (κ2) is 6.18. The molecule has 0 atom stereocenters. The number of fused-ring (bicyclic) bond motifs is 1. The number of halogens is 1. The molecule has 0 saturated carbocycles. The van der Waals surface area contributed by atoms with Gasteiger partial charge in [-0.2, -0.15) is 0 Å². The first kappa shape index (κ1) is 13.3. The van der Waals surface area contributed by atoms with E-state index in [1.165, 1.54) is 19.8 Å². The van der Waals surface area contributed by atoms with Gasteiger partial charge in [-0.25, -0.2) is 0 Å². The molecule has 0 spiro atoms. The fourth-order valence-electron chi connectivity index (χ4n) is 2.54. The summed E-state index contributed by atoms with van der Waals surface area (Å²) >= 11 is 5.30. The average molecular weight is 337 g/mol. The van der Waals surface area contributed by atoms with Crippen LogP contribution in [-0.2, 0) is 26.1 Å². The summed E-state index contributed by atoms with van der Waals surface area (Å²) < 4.78 is 1.20. The predicted octanol–water partition coefficient (Wildman–Crippen LogP) is 3.45. The predicted molar refractivity (Wildman–Crippen MR) is 84.4 cm³/mol. The number of rotatable bonds is 4. The molecule has 100 valence electrons. The van der Waals surface area contributed by atoms with Crippen molar-refractivity contribution in [3.8, 4) is 0 Å². The van der Waals surface area contributed by atoms with Crippen LogP contribution < -0.4 is 10.6 Å². The molecule has 3 rings (SSSR count). The van der Waals surface area contributed by atoms with Crippen molar-refractivity contribution in [2.45, 2.75) is 26.1 Å². The molecule has 0 fully saturated rings. The first-order valence-electron chi connectivity index (χ1n) is 6.58. The van der Waals surface area contributed by atoms with Gasteiger partial charge in [0, 0.05) is 24.5 Å². The molecule has 2 N–H and O–H groups in total. The van der Waals surface area contributed by atoms with Gasteiger partial charge < -0.3 is 10.6 Å². The van der Waals surface area contributed by atoms with Crippen LogP contribution in [0, 0.1) is 0 Å². The van der Waals surface area contributed by atoms with Gasteiger partial charge in [-0.3, -0.25) is 0 Å². The first-order valence-corrected chi connectivity index (χ1v) is 8.19. The zero-order valence-electron chi connectivity index (χ0n) is 10.7. The fraction of sp³-hybridized carbons (Fsp3) is 0.333. The second-order valence-corrected chi connectivity index (χ2v) is 7.34. The maximum absolute atomic E-state index is 3.55. The van der Waals surface area contributed by atoms with Crippen LogP contribution in [0.4, 0.5) is 0 Å². The third-order valence-corrected chi connectivity index (χ3v) is 5.10. The van der Waals surface area contributed by atoms with Gasteiger partial charge in [0.1, 0.15) is 0 Å². The summed E-state index contributed by atoms with van der Waals surface area (Å²) in [4.78, 5) is 1.37. The van der Waals surface area contributed by atoms with E-state index in [-0.39, 0.29) is 0 Å². The highest BCUT2D eigenvalue weighted by molar-refractivity contribution is 9.11. The van der Waals surface area contributed by atoms with Crippen molar-refractivity contribution in [2.75, 3.05) is 6.54 Å². The van der Waals surface area contributed by atoms with Crippen molar-refractivity contribution in [2.24, 2.45) is 0 Å². The van der Waals surface area contributed by atoms with E-state index in [1.54, 1.807) is 16.9 Å². The summed E-state index contributed by atoms with van der Waals surface area (Å²) in [6.45, 7) is 4.01. The average Bonchev–Trinajstić information content (AvgIpc) is 2.85. The molecule has 1 aliphatic rings. The highest BCUT2D eigenvalue weighted by Crippen LogP contribution is 2.22. The van der Waals surface area contributed by atoms with E-state index in [9.17, 15) is 0 Å². The number of nitrogens with one attached hydrogen (secondary N) is 2. The Morgan fingerprint density at radius 1 is 1.21 bits per heavy atom.